The Labute approximate surface area is 177 Å². The van der Waals surface area contributed by atoms with E-state index >= 15 is 0 Å². The largest absolute Gasteiger partial charge is 0.322 e. The normalized spacial score (nSPS) is 21.3. The molecule has 0 spiro atoms. The van der Waals surface area contributed by atoms with Gasteiger partial charge in [0.25, 0.3) is 0 Å². The molecule has 0 aromatic heterocycles. The van der Waals surface area contributed by atoms with Gasteiger partial charge in [-0.15, -0.1) is 0 Å². The fourth-order valence-electron chi connectivity index (χ4n) is 4.32. The van der Waals surface area contributed by atoms with Crippen molar-refractivity contribution in [3.05, 3.63) is 102 Å². The molecule has 1 N–H and O–H groups in total. The molecule has 4 nitrogen and oxygen atoms in total. The van der Waals surface area contributed by atoms with Crippen LogP contribution in [-0.2, 0) is 4.79 Å². The van der Waals surface area contributed by atoms with Crippen LogP contribution in [0.4, 0.5) is 10.5 Å². The highest BCUT2D eigenvalue weighted by atomic mass is 16.2. The minimum absolute atomic E-state index is 0.178. The third-order valence-electron chi connectivity index (χ3n) is 5.84. The molecule has 3 aromatic carbocycles. The third kappa shape index (κ3) is 3.99. The van der Waals surface area contributed by atoms with Crippen molar-refractivity contribution in [2.45, 2.75) is 32.4 Å². The van der Waals surface area contributed by atoms with Gasteiger partial charge in [0.15, 0.2) is 0 Å². The number of benzene rings is 3. The molecule has 3 atom stereocenters. The Kier molecular flexibility index (Phi) is 5.66. The van der Waals surface area contributed by atoms with Crippen LogP contribution in [-0.4, -0.2) is 16.7 Å². The maximum absolute atomic E-state index is 13.6. The molecule has 4 heteroatoms. The molecule has 1 aliphatic rings. The van der Waals surface area contributed by atoms with Gasteiger partial charge in [0.05, 0.1) is 12.1 Å². The van der Waals surface area contributed by atoms with Gasteiger partial charge in [0, 0.05) is 18.0 Å². The van der Waals surface area contributed by atoms with Crippen molar-refractivity contribution in [1.82, 2.24) is 4.90 Å². The second kappa shape index (κ2) is 8.54. The van der Waals surface area contributed by atoms with E-state index in [0.29, 0.717) is 6.42 Å². The second-order valence-electron chi connectivity index (χ2n) is 7.95. The van der Waals surface area contributed by atoms with Crippen molar-refractivity contribution < 1.29 is 9.59 Å². The van der Waals surface area contributed by atoms with Crippen LogP contribution in [0.5, 0.6) is 0 Å². The Bertz CT molecular complexity index is 1030. The van der Waals surface area contributed by atoms with Crippen molar-refractivity contribution >= 4 is 17.5 Å². The van der Waals surface area contributed by atoms with Gasteiger partial charge in [-0.2, -0.15) is 0 Å². The van der Waals surface area contributed by atoms with Crippen LogP contribution in [0.2, 0.25) is 0 Å². The van der Waals surface area contributed by atoms with E-state index < -0.39 is 0 Å². The van der Waals surface area contributed by atoms with E-state index in [1.54, 1.807) is 0 Å². The number of amides is 2. The molecule has 0 bridgehead atoms. The van der Waals surface area contributed by atoms with Gasteiger partial charge in [-0.05, 0) is 35.7 Å². The first-order valence-corrected chi connectivity index (χ1v) is 10.3. The van der Waals surface area contributed by atoms with Crippen LogP contribution < -0.4 is 5.32 Å². The molecular formula is C26H26N2O2. The van der Waals surface area contributed by atoms with Crippen molar-refractivity contribution in [2.75, 3.05) is 5.32 Å². The Hall–Kier alpha value is -3.40. The minimum atomic E-state index is -0.331. The van der Waals surface area contributed by atoms with E-state index in [2.05, 4.69) is 5.32 Å². The fourth-order valence-corrected chi connectivity index (χ4v) is 4.32. The summed E-state index contributed by atoms with van der Waals surface area (Å²) in [7, 11) is 0. The number of hydrogen-bond acceptors (Lipinski definition) is 2. The maximum atomic E-state index is 13.6. The molecule has 152 valence electrons. The lowest BCUT2D eigenvalue weighted by molar-refractivity contribution is -0.129. The Balaban J connectivity index is 1.77. The van der Waals surface area contributed by atoms with Gasteiger partial charge in [0.2, 0.25) is 0 Å². The first-order valence-electron chi connectivity index (χ1n) is 10.3. The molecule has 4 rings (SSSR count). The average Bonchev–Trinajstić information content (AvgIpc) is 2.76. The van der Waals surface area contributed by atoms with Gasteiger partial charge in [-0.3, -0.25) is 4.79 Å². The maximum Gasteiger partial charge on any atom is 0.322 e. The number of ketones is 1. The molecule has 0 unspecified atom stereocenters. The predicted molar refractivity (Wildman–Crippen MR) is 119 cm³/mol. The summed E-state index contributed by atoms with van der Waals surface area (Å²) in [6, 6.07) is 26.6. The van der Waals surface area contributed by atoms with Gasteiger partial charge in [0.1, 0.15) is 5.78 Å². The zero-order valence-corrected chi connectivity index (χ0v) is 17.3. The monoisotopic (exact) mass is 398 g/mol. The number of hydrogen-bond donors (Lipinski definition) is 1. The van der Waals surface area contributed by atoms with Gasteiger partial charge < -0.3 is 10.2 Å². The van der Waals surface area contributed by atoms with Gasteiger partial charge >= 0.3 is 6.03 Å². The number of urea groups is 1. The smallest absolute Gasteiger partial charge is 0.309 e. The van der Waals surface area contributed by atoms with E-state index in [1.165, 1.54) is 0 Å². The summed E-state index contributed by atoms with van der Waals surface area (Å²) in [5.74, 6) is -0.104. The SMILES string of the molecule is Cc1cccc(NC(=O)N2[C@H](c3ccccc3)[C@@H](C)C(=O)C[C@H]2c2ccccc2)c1. The van der Waals surface area contributed by atoms with Crippen LogP contribution in [0.3, 0.4) is 0 Å². The Morgan fingerprint density at radius 1 is 0.900 bits per heavy atom. The quantitative estimate of drug-likeness (QED) is 0.595. The van der Waals surface area contributed by atoms with Crippen molar-refractivity contribution in [3.8, 4) is 0 Å². The average molecular weight is 399 g/mol. The number of rotatable bonds is 3. The van der Waals surface area contributed by atoms with Crippen LogP contribution in [0.25, 0.3) is 0 Å². The van der Waals surface area contributed by atoms with Crippen molar-refractivity contribution in [2.24, 2.45) is 5.92 Å². The summed E-state index contributed by atoms with van der Waals surface area (Å²) in [6.07, 6.45) is 0.315. The molecule has 1 saturated heterocycles. The molecule has 0 radical (unpaired) electrons. The summed E-state index contributed by atoms with van der Waals surface area (Å²) in [4.78, 5) is 28.4. The summed E-state index contributed by atoms with van der Waals surface area (Å²) in [5, 5.41) is 3.06. The molecule has 30 heavy (non-hydrogen) atoms. The second-order valence-corrected chi connectivity index (χ2v) is 7.95. The number of carbonyl (C=O) groups is 2. The van der Waals surface area contributed by atoms with E-state index in [1.807, 2.05) is 104 Å². The summed E-state index contributed by atoms with van der Waals surface area (Å²) in [6.45, 7) is 3.92. The molecular weight excluding hydrogens is 372 g/mol. The Morgan fingerprint density at radius 2 is 1.53 bits per heavy atom. The van der Waals surface area contributed by atoms with Crippen molar-refractivity contribution in [3.63, 3.8) is 0 Å². The van der Waals surface area contributed by atoms with E-state index in [0.717, 1.165) is 22.4 Å². The molecule has 1 fully saturated rings. The van der Waals surface area contributed by atoms with E-state index in [-0.39, 0.29) is 29.8 Å². The first kappa shape index (κ1) is 19.9. The Morgan fingerprint density at radius 3 is 2.17 bits per heavy atom. The first-order chi connectivity index (χ1) is 14.5. The number of nitrogens with zero attached hydrogens (tertiary/aromatic N) is 1. The predicted octanol–water partition coefficient (Wildman–Crippen LogP) is 5.92. The number of piperidine rings is 1. The highest BCUT2D eigenvalue weighted by Crippen LogP contribution is 2.43. The van der Waals surface area contributed by atoms with Gasteiger partial charge in [-0.25, -0.2) is 4.79 Å². The highest BCUT2D eigenvalue weighted by Gasteiger charge is 2.44. The zero-order chi connectivity index (χ0) is 21.1. The number of aryl methyl sites for hydroxylation is 1. The summed E-state index contributed by atoms with van der Waals surface area (Å²) >= 11 is 0. The summed E-state index contributed by atoms with van der Waals surface area (Å²) < 4.78 is 0. The van der Waals surface area contributed by atoms with Gasteiger partial charge in [-0.1, -0.05) is 79.7 Å². The molecule has 0 aliphatic carbocycles. The number of anilines is 1. The highest BCUT2D eigenvalue weighted by molar-refractivity contribution is 5.93. The van der Waals surface area contributed by atoms with Crippen molar-refractivity contribution in [1.29, 1.82) is 0 Å². The number of nitrogens with one attached hydrogen (secondary N) is 1. The zero-order valence-electron chi connectivity index (χ0n) is 17.3. The number of Topliss-reactive ketones (excluding diaryl/α,β-unsaturated/α-hetero) is 1. The van der Waals surface area contributed by atoms with E-state index in [4.69, 9.17) is 0 Å². The lowest BCUT2D eigenvalue weighted by Crippen LogP contribution is -2.49. The van der Waals surface area contributed by atoms with Crippen LogP contribution >= 0.6 is 0 Å². The molecule has 1 heterocycles. The van der Waals surface area contributed by atoms with E-state index in [9.17, 15) is 9.59 Å². The van der Waals surface area contributed by atoms with Crippen LogP contribution in [0, 0.1) is 12.8 Å². The minimum Gasteiger partial charge on any atom is -0.309 e. The fraction of sp³-hybridized carbons (Fsp3) is 0.231. The molecule has 2 amide bonds. The molecule has 0 saturated carbocycles. The standard InChI is InChI=1S/C26H26N2O2/c1-18-10-9-15-22(16-18)27-26(30)28-23(20-11-5-3-6-12-20)17-24(29)19(2)25(28)21-13-7-4-8-14-21/h3-16,19,23,25H,17H2,1-2H3,(H,27,30)/t19-,23-,25-/m0/s1. The van der Waals surface area contributed by atoms with Crippen LogP contribution in [0.1, 0.15) is 42.1 Å². The third-order valence-corrected chi connectivity index (χ3v) is 5.84. The number of carbonyl (C=O) groups excluding carboxylic acids is 2. The summed E-state index contributed by atoms with van der Waals surface area (Å²) in [5.41, 5.74) is 3.77. The molecule has 1 aliphatic heterocycles. The lowest BCUT2D eigenvalue weighted by Gasteiger charge is -2.45. The molecule has 3 aromatic rings. The van der Waals surface area contributed by atoms with Crippen LogP contribution in [0.15, 0.2) is 84.9 Å². The number of likely N-dealkylation sites (tertiary alicyclic amines) is 1. The topological polar surface area (TPSA) is 49.4 Å². The lowest BCUT2D eigenvalue weighted by atomic mass is 9.80.